The number of aliphatic carboxylic acids is 1. The smallest absolute Gasteiger partial charge is 0.306 e. The first kappa shape index (κ1) is 2.70. The minimum atomic E-state index is -2.36. The molecule has 2 heteroatoms. The summed E-state index contributed by atoms with van der Waals surface area (Å²) >= 11 is 0. The van der Waals surface area contributed by atoms with Crippen molar-refractivity contribution < 1.29 is 14.0 Å². The molecule has 0 aromatic rings. The lowest BCUT2D eigenvalue weighted by molar-refractivity contribution is -0.141. The number of carbonyl (C=O) groups is 1. The summed E-state index contributed by atoms with van der Waals surface area (Å²) in [5.74, 6) is -2.46. The zero-order chi connectivity index (χ0) is 8.36. The van der Waals surface area contributed by atoms with Crippen molar-refractivity contribution in [1.82, 2.24) is 0 Å². The molecule has 0 bridgehead atoms. The summed E-state index contributed by atoms with van der Waals surface area (Å²) in [7, 11) is 0. The average molecular weight is 105 g/mol. The van der Waals surface area contributed by atoms with Gasteiger partial charge in [0.25, 0.3) is 0 Å². The Bertz CT molecular complexity index is 129. The molecular formula is C5H10O2. The molecule has 0 aliphatic carbocycles. The quantitative estimate of drug-likeness (QED) is 0.571. The second-order valence-electron chi connectivity index (χ2n) is 1.30. The van der Waals surface area contributed by atoms with Gasteiger partial charge in [0.2, 0.25) is 0 Å². The Morgan fingerprint density at radius 3 is 2.71 bits per heavy atom. The highest BCUT2D eigenvalue weighted by Gasteiger charge is 2.05. The normalized spacial score (nSPS) is 21.6. The van der Waals surface area contributed by atoms with Crippen molar-refractivity contribution in [2.24, 2.45) is 5.92 Å². The van der Waals surface area contributed by atoms with Crippen LogP contribution in [-0.4, -0.2) is 11.1 Å². The van der Waals surface area contributed by atoms with E-state index >= 15 is 0 Å². The SMILES string of the molecule is [2H]C([2H])([2H])[C@H](CC)C(=O)O. The molecule has 0 saturated carbocycles. The molecule has 1 N–H and O–H groups in total. The van der Waals surface area contributed by atoms with Gasteiger partial charge in [-0.2, -0.15) is 0 Å². The Labute approximate surface area is 47.4 Å². The highest BCUT2D eigenvalue weighted by molar-refractivity contribution is 5.69. The van der Waals surface area contributed by atoms with Crippen LogP contribution in [0, 0.1) is 5.92 Å². The summed E-state index contributed by atoms with van der Waals surface area (Å²) in [6.07, 6.45) is 0.145. The summed E-state index contributed by atoms with van der Waals surface area (Å²) in [6.45, 7) is -0.814. The number of carboxylic acids is 1. The highest BCUT2D eigenvalue weighted by atomic mass is 16.4. The second kappa shape index (κ2) is 2.61. The molecule has 0 spiro atoms. The van der Waals surface area contributed by atoms with Gasteiger partial charge in [-0.15, -0.1) is 0 Å². The summed E-state index contributed by atoms with van der Waals surface area (Å²) < 4.78 is 20.3. The highest BCUT2D eigenvalue weighted by Crippen LogP contribution is 1.97. The standard InChI is InChI=1S/C5H10O2/c1-3-4(2)5(6)7/h4H,3H2,1-2H3,(H,6,7)/t4-/m1/s1/i2D3. The summed E-state index contributed by atoms with van der Waals surface area (Å²) in [4.78, 5) is 10.2. The van der Waals surface area contributed by atoms with Crippen LogP contribution in [0.1, 0.15) is 24.3 Å². The van der Waals surface area contributed by atoms with Crippen LogP contribution in [0.25, 0.3) is 0 Å². The predicted molar refractivity (Wildman–Crippen MR) is 27.1 cm³/mol. The molecule has 0 aromatic heterocycles. The fraction of sp³-hybridized carbons (Fsp3) is 0.800. The van der Waals surface area contributed by atoms with Crippen LogP contribution in [0.2, 0.25) is 0 Å². The van der Waals surface area contributed by atoms with Gasteiger partial charge in [-0.3, -0.25) is 4.79 Å². The third-order valence-corrected chi connectivity index (χ3v) is 0.706. The maximum Gasteiger partial charge on any atom is 0.306 e. The number of hydrogen-bond donors (Lipinski definition) is 1. The molecule has 0 rings (SSSR count). The maximum absolute atomic E-state index is 10.2. The molecule has 0 aliphatic heterocycles. The van der Waals surface area contributed by atoms with E-state index in [9.17, 15) is 4.79 Å². The fourth-order valence-electron chi connectivity index (χ4n) is 0.175. The molecule has 2 nitrogen and oxygen atoms in total. The van der Waals surface area contributed by atoms with E-state index in [1.165, 1.54) is 0 Å². The molecule has 0 unspecified atom stereocenters. The van der Waals surface area contributed by atoms with E-state index in [0.29, 0.717) is 0 Å². The van der Waals surface area contributed by atoms with Crippen molar-refractivity contribution in [2.45, 2.75) is 20.2 Å². The van der Waals surface area contributed by atoms with E-state index in [1.807, 2.05) is 0 Å². The molecule has 0 heterocycles. The zero-order valence-corrected chi connectivity index (χ0v) is 4.14. The first-order valence-corrected chi connectivity index (χ1v) is 2.12. The summed E-state index contributed by atoms with van der Waals surface area (Å²) in [5.41, 5.74) is 0. The van der Waals surface area contributed by atoms with Crippen LogP contribution in [0.5, 0.6) is 0 Å². The Morgan fingerprint density at radius 1 is 2.14 bits per heavy atom. The van der Waals surface area contributed by atoms with E-state index < -0.39 is 18.7 Å². The molecule has 0 radical (unpaired) electrons. The lowest BCUT2D eigenvalue weighted by Crippen LogP contribution is -2.06. The van der Waals surface area contributed by atoms with Crippen molar-refractivity contribution in [3.05, 3.63) is 0 Å². The van der Waals surface area contributed by atoms with Gasteiger partial charge in [-0.1, -0.05) is 13.8 Å². The van der Waals surface area contributed by atoms with Crippen molar-refractivity contribution in [3.63, 3.8) is 0 Å². The lowest BCUT2D eigenvalue weighted by Gasteiger charge is -1.96. The summed E-state index contributed by atoms with van der Waals surface area (Å²) in [6, 6.07) is 0. The van der Waals surface area contributed by atoms with Crippen molar-refractivity contribution in [1.29, 1.82) is 0 Å². The Morgan fingerprint density at radius 2 is 2.71 bits per heavy atom. The van der Waals surface area contributed by atoms with Crippen LogP contribution >= 0.6 is 0 Å². The van der Waals surface area contributed by atoms with Gasteiger partial charge < -0.3 is 5.11 Å². The minimum absolute atomic E-state index is 0.145. The van der Waals surface area contributed by atoms with Gasteiger partial charge in [0.05, 0.1) is 5.92 Å². The van der Waals surface area contributed by atoms with Crippen LogP contribution < -0.4 is 0 Å². The van der Waals surface area contributed by atoms with Gasteiger partial charge >= 0.3 is 5.97 Å². The van der Waals surface area contributed by atoms with E-state index in [1.54, 1.807) is 6.92 Å². The molecule has 0 aliphatic rings. The minimum Gasteiger partial charge on any atom is -0.481 e. The van der Waals surface area contributed by atoms with Crippen molar-refractivity contribution in [2.75, 3.05) is 0 Å². The first-order chi connectivity index (χ1) is 4.39. The monoisotopic (exact) mass is 105 g/mol. The predicted octanol–water partition coefficient (Wildman–Crippen LogP) is 1.12. The maximum atomic E-state index is 10.2. The van der Waals surface area contributed by atoms with Gasteiger partial charge in [0.15, 0.2) is 0 Å². The van der Waals surface area contributed by atoms with E-state index in [4.69, 9.17) is 9.22 Å². The van der Waals surface area contributed by atoms with Gasteiger partial charge in [0.1, 0.15) is 0 Å². The molecule has 7 heavy (non-hydrogen) atoms. The number of hydrogen-bond acceptors (Lipinski definition) is 1. The van der Waals surface area contributed by atoms with Gasteiger partial charge in [-0.25, -0.2) is 0 Å². The third kappa shape index (κ3) is 2.20. The molecule has 1 atom stereocenters. The van der Waals surface area contributed by atoms with E-state index in [-0.39, 0.29) is 6.42 Å². The molecule has 42 valence electrons. The number of rotatable bonds is 2. The fourth-order valence-corrected chi connectivity index (χ4v) is 0.175. The Hall–Kier alpha value is -0.530. The topological polar surface area (TPSA) is 37.3 Å². The van der Waals surface area contributed by atoms with Crippen molar-refractivity contribution >= 4 is 5.97 Å². The molecule has 0 amide bonds. The molecular weight excluding hydrogens is 92.1 g/mol. The summed E-state index contributed by atoms with van der Waals surface area (Å²) in [5, 5.41) is 8.35. The number of carboxylic acid groups (broad SMARTS) is 1. The van der Waals surface area contributed by atoms with Crippen LogP contribution in [0.15, 0.2) is 0 Å². The van der Waals surface area contributed by atoms with Crippen LogP contribution in [-0.2, 0) is 4.79 Å². The third-order valence-electron chi connectivity index (χ3n) is 0.706. The molecule has 0 saturated heterocycles. The van der Waals surface area contributed by atoms with Crippen molar-refractivity contribution in [3.8, 4) is 0 Å². The average Bonchev–Trinajstić information content (AvgIpc) is 1.60. The largest absolute Gasteiger partial charge is 0.481 e. The lowest BCUT2D eigenvalue weighted by atomic mass is 10.1. The second-order valence-corrected chi connectivity index (χ2v) is 1.30. The Balaban J connectivity index is 4.22. The van der Waals surface area contributed by atoms with Crippen LogP contribution in [0.4, 0.5) is 0 Å². The van der Waals surface area contributed by atoms with Gasteiger partial charge in [0, 0.05) is 4.11 Å². The van der Waals surface area contributed by atoms with E-state index in [0.717, 1.165) is 0 Å². The van der Waals surface area contributed by atoms with E-state index in [2.05, 4.69) is 0 Å². The van der Waals surface area contributed by atoms with Gasteiger partial charge in [-0.05, 0) is 6.42 Å². The zero-order valence-electron chi connectivity index (χ0n) is 7.14. The molecule has 0 aromatic carbocycles. The van der Waals surface area contributed by atoms with Crippen LogP contribution in [0.3, 0.4) is 0 Å². The Kier molecular flexibility index (Phi) is 1.01. The molecule has 0 fully saturated rings. The first-order valence-electron chi connectivity index (χ1n) is 3.62.